The van der Waals surface area contributed by atoms with E-state index in [9.17, 15) is 4.79 Å². The lowest BCUT2D eigenvalue weighted by atomic mass is 10.3. The molecule has 0 bridgehead atoms. The second-order valence-electron chi connectivity index (χ2n) is 3.09. The lowest BCUT2D eigenvalue weighted by molar-refractivity contribution is 0.0956. The first-order valence-electron chi connectivity index (χ1n) is 4.07. The number of hydrogen-bond acceptors (Lipinski definition) is 2. The smallest absolute Gasteiger partial charge is 0.254 e. The third-order valence-electron chi connectivity index (χ3n) is 1.54. The number of carbonyl (C=O) groups is 1. The molecule has 0 saturated carbocycles. The fourth-order valence-electron chi connectivity index (χ4n) is 0.896. The standard InChI is InChI=1S/C10H13NO2/c1-7(2)5-11-10(12)9-4-8(3)13-6-9/h4,6H,1,5H2,2-3H3,(H,11,12). The van der Waals surface area contributed by atoms with Gasteiger partial charge in [0.05, 0.1) is 5.56 Å². The van der Waals surface area contributed by atoms with E-state index in [-0.39, 0.29) is 5.91 Å². The predicted molar refractivity (Wildman–Crippen MR) is 50.6 cm³/mol. The van der Waals surface area contributed by atoms with Gasteiger partial charge in [-0.05, 0) is 19.9 Å². The van der Waals surface area contributed by atoms with E-state index in [0.29, 0.717) is 12.1 Å². The van der Waals surface area contributed by atoms with E-state index in [1.54, 1.807) is 13.0 Å². The molecule has 0 aliphatic carbocycles. The number of rotatable bonds is 3. The Balaban J connectivity index is 2.54. The van der Waals surface area contributed by atoms with Crippen LogP contribution in [0.2, 0.25) is 0 Å². The highest BCUT2D eigenvalue weighted by Gasteiger charge is 2.06. The van der Waals surface area contributed by atoms with Gasteiger partial charge in [-0.2, -0.15) is 0 Å². The molecule has 1 aromatic rings. The molecule has 1 aromatic heterocycles. The fourth-order valence-corrected chi connectivity index (χ4v) is 0.896. The summed E-state index contributed by atoms with van der Waals surface area (Å²) in [7, 11) is 0. The molecule has 1 N–H and O–H groups in total. The highest BCUT2D eigenvalue weighted by molar-refractivity contribution is 5.94. The van der Waals surface area contributed by atoms with Gasteiger partial charge in [0.1, 0.15) is 12.0 Å². The maximum atomic E-state index is 11.4. The zero-order valence-electron chi connectivity index (χ0n) is 7.89. The normalized spacial score (nSPS) is 9.69. The Kier molecular flexibility index (Phi) is 2.90. The minimum absolute atomic E-state index is 0.125. The molecule has 0 aliphatic rings. The molecule has 0 unspecified atom stereocenters. The molecule has 1 amide bonds. The highest BCUT2D eigenvalue weighted by atomic mass is 16.3. The summed E-state index contributed by atoms with van der Waals surface area (Å²) in [5, 5.41) is 2.71. The number of hydrogen-bond donors (Lipinski definition) is 1. The number of aryl methyl sites for hydroxylation is 1. The van der Waals surface area contributed by atoms with Gasteiger partial charge in [0.2, 0.25) is 0 Å². The van der Waals surface area contributed by atoms with E-state index in [1.807, 2.05) is 6.92 Å². The Morgan fingerprint density at radius 2 is 2.38 bits per heavy atom. The van der Waals surface area contributed by atoms with Crippen molar-refractivity contribution in [1.29, 1.82) is 0 Å². The Morgan fingerprint density at radius 1 is 1.69 bits per heavy atom. The van der Waals surface area contributed by atoms with Crippen molar-refractivity contribution >= 4 is 5.91 Å². The molecule has 0 aliphatic heterocycles. The molecular formula is C10H13NO2. The molecule has 13 heavy (non-hydrogen) atoms. The van der Waals surface area contributed by atoms with Crippen LogP contribution in [0.5, 0.6) is 0 Å². The Hall–Kier alpha value is -1.51. The molecule has 0 spiro atoms. The van der Waals surface area contributed by atoms with Gasteiger partial charge in [-0.25, -0.2) is 0 Å². The quantitative estimate of drug-likeness (QED) is 0.720. The summed E-state index contributed by atoms with van der Waals surface area (Å²) in [6, 6.07) is 1.70. The highest BCUT2D eigenvalue weighted by Crippen LogP contribution is 2.05. The van der Waals surface area contributed by atoms with Crippen LogP contribution in [0.3, 0.4) is 0 Å². The van der Waals surface area contributed by atoms with Crippen LogP contribution in [0.1, 0.15) is 23.0 Å². The summed E-state index contributed by atoms with van der Waals surface area (Å²) in [5.41, 5.74) is 1.48. The van der Waals surface area contributed by atoms with Crippen LogP contribution in [0, 0.1) is 6.92 Å². The SMILES string of the molecule is C=C(C)CNC(=O)c1coc(C)c1. The van der Waals surface area contributed by atoms with E-state index in [2.05, 4.69) is 11.9 Å². The van der Waals surface area contributed by atoms with E-state index < -0.39 is 0 Å². The molecule has 0 saturated heterocycles. The average Bonchev–Trinajstić information content (AvgIpc) is 2.47. The first kappa shape index (κ1) is 9.58. The molecular weight excluding hydrogens is 166 g/mol. The zero-order chi connectivity index (χ0) is 9.84. The fraction of sp³-hybridized carbons (Fsp3) is 0.300. The molecule has 0 atom stereocenters. The topological polar surface area (TPSA) is 42.2 Å². The Morgan fingerprint density at radius 3 is 2.85 bits per heavy atom. The van der Waals surface area contributed by atoms with Gasteiger partial charge in [-0.1, -0.05) is 12.2 Å². The van der Waals surface area contributed by atoms with Crippen LogP contribution < -0.4 is 5.32 Å². The maximum Gasteiger partial charge on any atom is 0.254 e. The van der Waals surface area contributed by atoms with Crippen LogP contribution in [0.4, 0.5) is 0 Å². The number of carbonyl (C=O) groups excluding carboxylic acids is 1. The monoisotopic (exact) mass is 179 g/mol. The molecule has 1 rings (SSSR count). The van der Waals surface area contributed by atoms with Crippen molar-refractivity contribution in [2.75, 3.05) is 6.54 Å². The largest absolute Gasteiger partial charge is 0.469 e. The van der Waals surface area contributed by atoms with Crippen LogP contribution >= 0.6 is 0 Å². The van der Waals surface area contributed by atoms with Gasteiger partial charge in [-0.15, -0.1) is 0 Å². The second-order valence-corrected chi connectivity index (χ2v) is 3.09. The zero-order valence-corrected chi connectivity index (χ0v) is 7.89. The third kappa shape index (κ3) is 2.78. The van der Waals surface area contributed by atoms with Crippen molar-refractivity contribution in [2.45, 2.75) is 13.8 Å². The predicted octanol–water partition coefficient (Wildman–Crippen LogP) is 1.89. The summed E-state index contributed by atoms with van der Waals surface area (Å²) in [5.74, 6) is 0.611. The lowest BCUT2D eigenvalue weighted by Gasteiger charge is -2.00. The Bertz CT molecular complexity index is 325. The third-order valence-corrected chi connectivity index (χ3v) is 1.54. The van der Waals surface area contributed by atoms with Gasteiger partial charge in [0.15, 0.2) is 0 Å². The first-order chi connectivity index (χ1) is 6.09. The van der Waals surface area contributed by atoms with Crippen molar-refractivity contribution < 1.29 is 9.21 Å². The van der Waals surface area contributed by atoms with Crippen LogP contribution in [-0.4, -0.2) is 12.5 Å². The number of furan rings is 1. The molecule has 0 fully saturated rings. The maximum absolute atomic E-state index is 11.4. The van der Waals surface area contributed by atoms with Gasteiger partial charge in [0.25, 0.3) is 5.91 Å². The molecule has 3 nitrogen and oxygen atoms in total. The van der Waals surface area contributed by atoms with E-state index in [4.69, 9.17) is 4.42 Å². The number of nitrogens with one attached hydrogen (secondary N) is 1. The van der Waals surface area contributed by atoms with Crippen molar-refractivity contribution in [3.63, 3.8) is 0 Å². The minimum Gasteiger partial charge on any atom is -0.469 e. The second kappa shape index (κ2) is 3.94. The summed E-state index contributed by atoms with van der Waals surface area (Å²) in [6.45, 7) is 7.85. The van der Waals surface area contributed by atoms with Gasteiger partial charge in [0, 0.05) is 6.54 Å². The minimum atomic E-state index is -0.125. The lowest BCUT2D eigenvalue weighted by Crippen LogP contribution is -2.24. The molecule has 0 aromatic carbocycles. The van der Waals surface area contributed by atoms with Crippen LogP contribution in [-0.2, 0) is 0 Å². The number of amides is 1. The van der Waals surface area contributed by atoms with E-state index >= 15 is 0 Å². The summed E-state index contributed by atoms with van der Waals surface area (Å²) >= 11 is 0. The molecule has 3 heteroatoms. The van der Waals surface area contributed by atoms with E-state index in [1.165, 1.54) is 6.26 Å². The molecule has 70 valence electrons. The van der Waals surface area contributed by atoms with Gasteiger partial charge >= 0.3 is 0 Å². The molecule has 1 heterocycles. The van der Waals surface area contributed by atoms with Crippen molar-refractivity contribution in [3.05, 3.63) is 35.8 Å². The van der Waals surface area contributed by atoms with Gasteiger partial charge < -0.3 is 9.73 Å². The van der Waals surface area contributed by atoms with Crippen LogP contribution in [0.15, 0.2) is 28.9 Å². The Labute approximate surface area is 77.4 Å². The molecule has 0 radical (unpaired) electrons. The average molecular weight is 179 g/mol. The van der Waals surface area contributed by atoms with E-state index in [0.717, 1.165) is 11.3 Å². The first-order valence-corrected chi connectivity index (χ1v) is 4.07. The summed E-state index contributed by atoms with van der Waals surface area (Å²) in [4.78, 5) is 11.4. The van der Waals surface area contributed by atoms with Crippen molar-refractivity contribution in [2.24, 2.45) is 0 Å². The van der Waals surface area contributed by atoms with Gasteiger partial charge in [-0.3, -0.25) is 4.79 Å². The van der Waals surface area contributed by atoms with Crippen molar-refractivity contribution in [1.82, 2.24) is 5.32 Å². The van der Waals surface area contributed by atoms with Crippen LogP contribution in [0.25, 0.3) is 0 Å². The summed E-state index contributed by atoms with van der Waals surface area (Å²) < 4.78 is 5.01. The van der Waals surface area contributed by atoms with Crippen molar-refractivity contribution in [3.8, 4) is 0 Å². The summed E-state index contributed by atoms with van der Waals surface area (Å²) in [6.07, 6.45) is 1.45.